The van der Waals surface area contributed by atoms with Crippen molar-refractivity contribution in [2.75, 3.05) is 0 Å². The molecular weight excluding hydrogens is 186 g/mol. The van der Waals surface area contributed by atoms with Gasteiger partial charge in [-0.05, 0) is 30.0 Å². The number of rotatable bonds is 4. The minimum atomic E-state index is -2.75. The summed E-state index contributed by atoms with van der Waals surface area (Å²) in [7, 11) is 0. The number of hydrogen-bond donors (Lipinski definition) is 0. The monoisotopic (exact) mass is 199 g/mol. The maximum Gasteiger partial charge on any atom is 0.387 e. The Balaban J connectivity index is 2.59. The molecule has 1 nitrogen and oxygen atoms in total. The first-order chi connectivity index (χ1) is 6.58. The van der Waals surface area contributed by atoms with E-state index in [9.17, 15) is 8.78 Å². The molecule has 0 bridgehead atoms. The lowest BCUT2D eigenvalue weighted by Crippen LogP contribution is -2.01. The lowest BCUT2D eigenvalue weighted by Gasteiger charge is -2.06. The van der Waals surface area contributed by atoms with E-state index in [-0.39, 0.29) is 5.75 Å². The van der Waals surface area contributed by atoms with Gasteiger partial charge in [0.05, 0.1) is 0 Å². The summed E-state index contributed by atoms with van der Waals surface area (Å²) in [6, 6.07) is 6.61. The van der Waals surface area contributed by atoms with E-state index in [1.807, 2.05) is 6.42 Å². The first kappa shape index (κ1) is 11.0. The molecule has 0 amide bonds. The fraction of sp³-hybridized carbons (Fsp3) is 0.364. The topological polar surface area (TPSA) is 9.23 Å². The smallest absolute Gasteiger partial charge is 0.387 e. The summed E-state index contributed by atoms with van der Waals surface area (Å²) in [6.45, 7) is 1.36. The van der Waals surface area contributed by atoms with Crippen molar-refractivity contribution in [2.45, 2.75) is 20.5 Å². The lowest BCUT2D eigenvalue weighted by atomic mass is 10.0. The van der Waals surface area contributed by atoms with Crippen molar-refractivity contribution in [1.82, 2.24) is 0 Å². The van der Waals surface area contributed by atoms with Gasteiger partial charge in [-0.1, -0.05) is 26.0 Å². The molecule has 1 aromatic carbocycles. The first-order valence-electron chi connectivity index (χ1n) is 4.47. The summed E-state index contributed by atoms with van der Waals surface area (Å²) in [4.78, 5) is 0. The largest absolute Gasteiger partial charge is 0.435 e. The Morgan fingerprint density at radius 1 is 1.14 bits per heavy atom. The van der Waals surface area contributed by atoms with Crippen LogP contribution < -0.4 is 4.74 Å². The summed E-state index contributed by atoms with van der Waals surface area (Å²) >= 11 is 0. The van der Waals surface area contributed by atoms with Gasteiger partial charge < -0.3 is 4.74 Å². The van der Waals surface area contributed by atoms with Crippen molar-refractivity contribution in [3.8, 4) is 5.75 Å². The van der Waals surface area contributed by atoms with Gasteiger partial charge in [0.2, 0.25) is 0 Å². The molecule has 0 saturated carbocycles. The van der Waals surface area contributed by atoms with Gasteiger partial charge >= 0.3 is 6.61 Å². The molecule has 0 saturated heterocycles. The Morgan fingerprint density at radius 2 is 1.71 bits per heavy atom. The van der Waals surface area contributed by atoms with Crippen molar-refractivity contribution < 1.29 is 13.5 Å². The number of hydrogen-bond acceptors (Lipinski definition) is 1. The van der Waals surface area contributed by atoms with E-state index in [2.05, 4.69) is 18.6 Å². The summed E-state index contributed by atoms with van der Waals surface area (Å²) in [5.74, 6) is 0.637. The van der Waals surface area contributed by atoms with Crippen LogP contribution in [-0.2, 0) is 0 Å². The van der Waals surface area contributed by atoms with Crippen molar-refractivity contribution in [3.05, 3.63) is 36.2 Å². The molecule has 0 unspecified atom stereocenters. The van der Waals surface area contributed by atoms with E-state index in [0.717, 1.165) is 5.56 Å². The standard InChI is InChI=1S/C11H13F2O/c1-8(2)7-9-3-5-10(6-4-9)14-11(12)13/h3-8,11H,1-2H3. The van der Waals surface area contributed by atoms with Gasteiger partial charge in [0.1, 0.15) is 5.75 Å². The molecule has 0 spiro atoms. The van der Waals surface area contributed by atoms with Crippen LogP contribution in [0, 0.1) is 12.3 Å². The third kappa shape index (κ3) is 3.73. The molecule has 0 fully saturated rings. The lowest BCUT2D eigenvalue weighted by molar-refractivity contribution is -0.0498. The number of benzene rings is 1. The van der Waals surface area contributed by atoms with Crippen LogP contribution >= 0.6 is 0 Å². The summed E-state index contributed by atoms with van der Waals surface area (Å²) < 4.78 is 27.8. The highest BCUT2D eigenvalue weighted by molar-refractivity contribution is 5.31. The zero-order valence-corrected chi connectivity index (χ0v) is 8.21. The van der Waals surface area contributed by atoms with Crippen LogP contribution in [-0.4, -0.2) is 6.61 Å². The summed E-state index contributed by atoms with van der Waals surface area (Å²) in [6.07, 6.45) is 2.05. The molecule has 1 radical (unpaired) electrons. The molecule has 0 aliphatic carbocycles. The Labute approximate surface area is 82.7 Å². The van der Waals surface area contributed by atoms with E-state index in [0.29, 0.717) is 5.92 Å². The second-order valence-corrected chi connectivity index (χ2v) is 3.36. The molecule has 1 aromatic rings. The van der Waals surface area contributed by atoms with Crippen molar-refractivity contribution in [2.24, 2.45) is 5.92 Å². The third-order valence-corrected chi connectivity index (χ3v) is 1.63. The molecule has 0 aromatic heterocycles. The minimum Gasteiger partial charge on any atom is -0.435 e. The van der Waals surface area contributed by atoms with Gasteiger partial charge in [-0.3, -0.25) is 0 Å². The van der Waals surface area contributed by atoms with Gasteiger partial charge in [-0.2, -0.15) is 8.78 Å². The molecule has 3 heteroatoms. The molecule has 0 heterocycles. The van der Waals surface area contributed by atoms with Gasteiger partial charge in [-0.15, -0.1) is 0 Å². The predicted octanol–water partition coefficient (Wildman–Crippen LogP) is 3.50. The minimum absolute atomic E-state index is 0.195. The van der Waals surface area contributed by atoms with E-state index in [4.69, 9.17) is 0 Å². The van der Waals surface area contributed by atoms with Crippen LogP contribution in [0.4, 0.5) is 8.78 Å². The molecule has 0 aliphatic heterocycles. The van der Waals surface area contributed by atoms with Crippen molar-refractivity contribution in [1.29, 1.82) is 0 Å². The van der Waals surface area contributed by atoms with Gasteiger partial charge in [-0.25, -0.2) is 0 Å². The fourth-order valence-electron chi connectivity index (χ4n) is 1.15. The zero-order valence-electron chi connectivity index (χ0n) is 8.21. The molecule has 77 valence electrons. The highest BCUT2D eigenvalue weighted by atomic mass is 19.3. The Hall–Kier alpha value is -1.12. The highest BCUT2D eigenvalue weighted by Gasteiger charge is 2.04. The molecular formula is C11H13F2O. The maximum atomic E-state index is 11.8. The van der Waals surface area contributed by atoms with E-state index < -0.39 is 6.61 Å². The molecule has 0 atom stereocenters. The van der Waals surface area contributed by atoms with Crippen LogP contribution in [0.5, 0.6) is 5.75 Å². The second kappa shape index (κ2) is 4.94. The van der Waals surface area contributed by atoms with Crippen molar-refractivity contribution in [3.63, 3.8) is 0 Å². The van der Waals surface area contributed by atoms with Crippen LogP contribution in [0.15, 0.2) is 24.3 Å². The Kier molecular flexibility index (Phi) is 3.86. The SMILES string of the molecule is CC(C)[CH]c1ccc(OC(F)F)cc1. The summed E-state index contributed by atoms with van der Waals surface area (Å²) in [5.41, 5.74) is 1.02. The number of ether oxygens (including phenoxy) is 1. The van der Waals surface area contributed by atoms with E-state index >= 15 is 0 Å². The van der Waals surface area contributed by atoms with Crippen LogP contribution in [0.1, 0.15) is 19.4 Å². The number of halogens is 2. The molecule has 0 N–H and O–H groups in total. The zero-order chi connectivity index (χ0) is 10.6. The molecule has 14 heavy (non-hydrogen) atoms. The van der Waals surface area contributed by atoms with Crippen LogP contribution in [0.2, 0.25) is 0 Å². The second-order valence-electron chi connectivity index (χ2n) is 3.36. The number of alkyl halides is 2. The molecule has 1 rings (SSSR count). The van der Waals surface area contributed by atoms with Gasteiger partial charge in [0.15, 0.2) is 0 Å². The van der Waals surface area contributed by atoms with E-state index in [1.54, 1.807) is 24.3 Å². The van der Waals surface area contributed by atoms with Crippen LogP contribution in [0.3, 0.4) is 0 Å². The van der Waals surface area contributed by atoms with Gasteiger partial charge in [0, 0.05) is 0 Å². The highest BCUT2D eigenvalue weighted by Crippen LogP contribution is 2.17. The van der Waals surface area contributed by atoms with Crippen molar-refractivity contribution >= 4 is 0 Å². The molecule has 0 aliphatic rings. The Bertz CT molecular complexity index is 238. The summed E-state index contributed by atoms with van der Waals surface area (Å²) in [5, 5.41) is 0. The quantitative estimate of drug-likeness (QED) is 0.721. The normalized spacial score (nSPS) is 11.0. The first-order valence-corrected chi connectivity index (χ1v) is 4.47. The fourth-order valence-corrected chi connectivity index (χ4v) is 1.15. The maximum absolute atomic E-state index is 11.8. The Morgan fingerprint density at radius 3 is 2.14 bits per heavy atom. The third-order valence-electron chi connectivity index (χ3n) is 1.63. The van der Waals surface area contributed by atoms with E-state index in [1.165, 1.54) is 0 Å². The van der Waals surface area contributed by atoms with Crippen LogP contribution in [0.25, 0.3) is 0 Å². The van der Waals surface area contributed by atoms with Gasteiger partial charge in [0.25, 0.3) is 0 Å². The predicted molar refractivity (Wildman–Crippen MR) is 51.3 cm³/mol. The average Bonchev–Trinajstić information content (AvgIpc) is 2.06. The average molecular weight is 199 g/mol.